The lowest BCUT2D eigenvalue weighted by Crippen LogP contribution is -2.14. The van der Waals surface area contributed by atoms with E-state index in [1.54, 1.807) is 18.2 Å². The minimum absolute atomic E-state index is 0.151. The molecule has 2 N–H and O–H groups in total. The highest BCUT2D eigenvalue weighted by Crippen LogP contribution is 2.26. The molecule has 0 spiro atoms. The standard InChI is InChI=1S/C17H14ClN3O3S/c1-10(22)19-13-7-6-11(8-12(13)18)20-16(23)9-25-17-21-14-4-2-3-5-15(14)24-17/h2-8H,9H2,1H3,(H,19,22)(H,20,23). The number of anilines is 2. The lowest BCUT2D eigenvalue weighted by Gasteiger charge is -2.08. The largest absolute Gasteiger partial charge is 0.431 e. The van der Waals surface area contributed by atoms with Crippen molar-refractivity contribution in [3.63, 3.8) is 0 Å². The van der Waals surface area contributed by atoms with E-state index in [2.05, 4.69) is 15.6 Å². The van der Waals surface area contributed by atoms with Gasteiger partial charge in [-0.25, -0.2) is 4.98 Å². The molecule has 2 amide bonds. The zero-order chi connectivity index (χ0) is 17.8. The van der Waals surface area contributed by atoms with E-state index in [0.717, 1.165) is 5.52 Å². The fourth-order valence-electron chi connectivity index (χ4n) is 2.12. The first kappa shape index (κ1) is 17.3. The summed E-state index contributed by atoms with van der Waals surface area (Å²) in [5, 5.41) is 6.13. The molecule has 0 aliphatic heterocycles. The molecule has 0 radical (unpaired) electrons. The second-order valence-electron chi connectivity index (χ2n) is 5.16. The molecule has 8 heteroatoms. The van der Waals surface area contributed by atoms with E-state index in [9.17, 15) is 9.59 Å². The number of fused-ring (bicyclic) bond motifs is 1. The SMILES string of the molecule is CC(=O)Nc1ccc(NC(=O)CSc2nc3ccccc3o2)cc1Cl. The van der Waals surface area contributed by atoms with Crippen LogP contribution in [-0.4, -0.2) is 22.6 Å². The minimum atomic E-state index is -0.214. The fourth-order valence-corrected chi connectivity index (χ4v) is 2.99. The number of oxazole rings is 1. The van der Waals surface area contributed by atoms with Crippen LogP contribution in [0.2, 0.25) is 5.02 Å². The summed E-state index contributed by atoms with van der Waals surface area (Å²) in [7, 11) is 0. The van der Waals surface area contributed by atoms with Gasteiger partial charge in [0, 0.05) is 12.6 Å². The zero-order valence-corrected chi connectivity index (χ0v) is 14.8. The number of halogens is 1. The first-order valence-corrected chi connectivity index (χ1v) is 8.73. The Bertz CT molecular complexity index is 909. The zero-order valence-electron chi connectivity index (χ0n) is 13.2. The van der Waals surface area contributed by atoms with Crippen molar-refractivity contribution in [3.05, 3.63) is 47.5 Å². The molecule has 0 aliphatic carbocycles. The van der Waals surface area contributed by atoms with E-state index in [0.29, 0.717) is 27.2 Å². The number of thioether (sulfide) groups is 1. The maximum absolute atomic E-state index is 12.1. The Morgan fingerprint density at radius 3 is 2.72 bits per heavy atom. The molecule has 25 heavy (non-hydrogen) atoms. The van der Waals surface area contributed by atoms with E-state index in [4.69, 9.17) is 16.0 Å². The third-order valence-electron chi connectivity index (χ3n) is 3.16. The Labute approximate surface area is 152 Å². The molecule has 0 unspecified atom stereocenters. The summed E-state index contributed by atoms with van der Waals surface area (Å²) in [6, 6.07) is 12.3. The van der Waals surface area contributed by atoms with Crippen molar-refractivity contribution in [1.82, 2.24) is 4.98 Å². The topological polar surface area (TPSA) is 84.2 Å². The van der Waals surface area contributed by atoms with Gasteiger partial charge in [-0.1, -0.05) is 35.5 Å². The number of nitrogens with zero attached hydrogens (tertiary/aromatic N) is 1. The number of hydrogen-bond donors (Lipinski definition) is 2. The molecule has 0 atom stereocenters. The number of benzene rings is 2. The number of carbonyl (C=O) groups excluding carboxylic acids is 2. The van der Waals surface area contributed by atoms with Gasteiger partial charge in [-0.15, -0.1) is 0 Å². The maximum Gasteiger partial charge on any atom is 0.257 e. The molecule has 0 saturated carbocycles. The van der Waals surface area contributed by atoms with Crippen molar-refractivity contribution in [2.24, 2.45) is 0 Å². The summed E-state index contributed by atoms with van der Waals surface area (Å²) >= 11 is 7.29. The van der Waals surface area contributed by atoms with E-state index < -0.39 is 0 Å². The molecule has 0 fully saturated rings. The van der Waals surface area contributed by atoms with Gasteiger partial charge in [0.15, 0.2) is 5.58 Å². The Morgan fingerprint density at radius 2 is 2.00 bits per heavy atom. The second-order valence-corrected chi connectivity index (χ2v) is 6.49. The van der Waals surface area contributed by atoms with Crippen LogP contribution in [0, 0.1) is 0 Å². The molecular weight excluding hydrogens is 362 g/mol. The first-order valence-electron chi connectivity index (χ1n) is 7.36. The van der Waals surface area contributed by atoms with Crippen molar-refractivity contribution in [2.45, 2.75) is 12.1 Å². The second kappa shape index (κ2) is 7.58. The lowest BCUT2D eigenvalue weighted by atomic mass is 10.2. The number of amides is 2. The third kappa shape index (κ3) is 4.52. The smallest absolute Gasteiger partial charge is 0.257 e. The number of rotatable bonds is 5. The third-order valence-corrected chi connectivity index (χ3v) is 4.31. The van der Waals surface area contributed by atoms with Crippen molar-refractivity contribution < 1.29 is 14.0 Å². The van der Waals surface area contributed by atoms with Crippen LogP contribution in [0.15, 0.2) is 52.1 Å². The van der Waals surface area contributed by atoms with Crippen molar-refractivity contribution in [2.75, 3.05) is 16.4 Å². The van der Waals surface area contributed by atoms with Gasteiger partial charge in [0.1, 0.15) is 5.52 Å². The fraction of sp³-hybridized carbons (Fsp3) is 0.118. The highest BCUT2D eigenvalue weighted by atomic mass is 35.5. The van der Waals surface area contributed by atoms with Gasteiger partial charge < -0.3 is 15.1 Å². The van der Waals surface area contributed by atoms with Crippen LogP contribution in [0.5, 0.6) is 0 Å². The molecule has 6 nitrogen and oxygen atoms in total. The van der Waals surface area contributed by atoms with Crippen LogP contribution in [-0.2, 0) is 9.59 Å². The molecule has 2 aromatic carbocycles. The van der Waals surface area contributed by atoms with Gasteiger partial charge in [-0.05, 0) is 30.3 Å². The van der Waals surface area contributed by atoms with E-state index in [1.165, 1.54) is 18.7 Å². The molecule has 0 saturated heterocycles. The molecule has 0 bridgehead atoms. The highest BCUT2D eigenvalue weighted by molar-refractivity contribution is 7.99. The average Bonchev–Trinajstić information content (AvgIpc) is 2.98. The summed E-state index contributed by atoms with van der Waals surface area (Å²) in [6.45, 7) is 1.40. The van der Waals surface area contributed by atoms with Crippen LogP contribution < -0.4 is 10.6 Å². The Morgan fingerprint density at radius 1 is 1.20 bits per heavy atom. The average molecular weight is 376 g/mol. The summed E-state index contributed by atoms with van der Waals surface area (Å²) in [6.07, 6.45) is 0. The van der Waals surface area contributed by atoms with Gasteiger partial charge in [0.2, 0.25) is 11.8 Å². The predicted octanol–water partition coefficient (Wildman–Crippen LogP) is 4.17. The molecule has 0 aliphatic rings. The van der Waals surface area contributed by atoms with E-state index in [-0.39, 0.29) is 17.6 Å². The van der Waals surface area contributed by atoms with Crippen LogP contribution >= 0.6 is 23.4 Å². The van der Waals surface area contributed by atoms with Crippen LogP contribution in [0.3, 0.4) is 0 Å². The van der Waals surface area contributed by atoms with Crippen molar-refractivity contribution in [3.8, 4) is 0 Å². The summed E-state index contributed by atoms with van der Waals surface area (Å²) in [5.41, 5.74) is 2.48. The summed E-state index contributed by atoms with van der Waals surface area (Å²) in [5.74, 6) is -0.276. The van der Waals surface area contributed by atoms with Crippen molar-refractivity contribution >= 4 is 57.7 Å². The number of para-hydroxylation sites is 2. The molecule has 3 rings (SSSR count). The molecule has 3 aromatic rings. The minimum Gasteiger partial charge on any atom is -0.431 e. The van der Waals surface area contributed by atoms with E-state index >= 15 is 0 Å². The predicted molar refractivity (Wildman–Crippen MR) is 99.1 cm³/mol. The van der Waals surface area contributed by atoms with Gasteiger partial charge in [0.25, 0.3) is 5.22 Å². The Balaban J connectivity index is 1.58. The van der Waals surface area contributed by atoms with Crippen molar-refractivity contribution in [1.29, 1.82) is 0 Å². The normalized spacial score (nSPS) is 10.6. The van der Waals surface area contributed by atoms with Gasteiger partial charge >= 0.3 is 0 Å². The van der Waals surface area contributed by atoms with Crippen LogP contribution in [0.1, 0.15) is 6.92 Å². The monoisotopic (exact) mass is 375 g/mol. The Kier molecular flexibility index (Phi) is 5.25. The molecule has 128 valence electrons. The molecular formula is C17H14ClN3O3S. The number of nitrogens with one attached hydrogen (secondary N) is 2. The lowest BCUT2D eigenvalue weighted by molar-refractivity contribution is -0.114. The molecule has 1 heterocycles. The Hall–Kier alpha value is -2.51. The summed E-state index contributed by atoms with van der Waals surface area (Å²) < 4.78 is 5.55. The number of carbonyl (C=O) groups is 2. The quantitative estimate of drug-likeness (QED) is 0.654. The maximum atomic E-state index is 12.1. The van der Waals surface area contributed by atoms with Gasteiger partial charge in [-0.3, -0.25) is 9.59 Å². The highest BCUT2D eigenvalue weighted by Gasteiger charge is 2.10. The van der Waals surface area contributed by atoms with Crippen LogP contribution in [0.4, 0.5) is 11.4 Å². The van der Waals surface area contributed by atoms with E-state index in [1.807, 2.05) is 24.3 Å². The van der Waals surface area contributed by atoms with Gasteiger partial charge in [-0.2, -0.15) is 0 Å². The molecule has 1 aromatic heterocycles. The number of hydrogen-bond acceptors (Lipinski definition) is 5. The number of aromatic nitrogens is 1. The van der Waals surface area contributed by atoms with Gasteiger partial charge in [0.05, 0.1) is 16.5 Å². The summed E-state index contributed by atoms with van der Waals surface area (Å²) in [4.78, 5) is 27.4. The van der Waals surface area contributed by atoms with Crippen LogP contribution in [0.25, 0.3) is 11.1 Å². The first-order chi connectivity index (χ1) is 12.0.